The zero-order chi connectivity index (χ0) is 9.61. The molecule has 0 aromatic heterocycles. The molecule has 3 nitrogen and oxygen atoms in total. The fraction of sp³-hybridized carbons (Fsp3) is 1.00. The van der Waals surface area contributed by atoms with Crippen molar-refractivity contribution in [3.63, 3.8) is 0 Å². The molecule has 0 fully saturated rings. The second-order valence-corrected chi connectivity index (χ2v) is 4.74. The van der Waals surface area contributed by atoms with Crippen molar-refractivity contribution in [2.75, 3.05) is 12.4 Å². The van der Waals surface area contributed by atoms with Gasteiger partial charge >= 0.3 is 0 Å². The van der Waals surface area contributed by atoms with Gasteiger partial charge in [0.15, 0.2) is 0 Å². The van der Waals surface area contributed by atoms with Crippen LogP contribution in [-0.4, -0.2) is 20.8 Å². The summed E-state index contributed by atoms with van der Waals surface area (Å²) in [4.78, 5) is 0. The van der Waals surface area contributed by atoms with E-state index >= 15 is 0 Å². The fourth-order valence-electron chi connectivity index (χ4n) is 0.808. The third-order valence-electron chi connectivity index (χ3n) is 1.99. The molecule has 0 aromatic carbocycles. The summed E-state index contributed by atoms with van der Waals surface area (Å²) in [5.41, 5.74) is 0. The predicted molar refractivity (Wildman–Crippen MR) is 49.5 cm³/mol. The van der Waals surface area contributed by atoms with Crippen molar-refractivity contribution in [1.29, 1.82) is 0 Å². The molecule has 74 valence electrons. The summed E-state index contributed by atoms with van der Waals surface area (Å²) in [6.07, 6.45) is 1.94. The van der Waals surface area contributed by atoms with Gasteiger partial charge in [0.25, 0.3) is 10.1 Å². The zero-order valence-electron chi connectivity index (χ0n) is 8.04. The van der Waals surface area contributed by atoms with Crippen molar-refractivity contribution in [2.45, 2.75) is 33.6 Å². The first kappa shape index (κ1) is 11.9. The standard InChI is InChI=1S/C8H18O3S/c1-4-8(5-2)7-11-12(9,10)6-3/h8H,4-7H2,1-3H3. The van der Waals surface area contributed by atoms with Crippen LogP contribution in [0.25, 0.3) is 0 Å². The molecule has 0 saturated carbocycles. The molecule has 0 aliphatic carbocycles. The smallest absolute Gasteiger partial charge is 0.267 e. The van der Waals surface area contributed by atoms with Crippen LogP contribution in [0.15, 0.2) is 0 Å². The van der Waals surface area contributed by atoms with Gasteiger partial charge in [-0.15, -0.1) is 0 Å². The van der Waals surface area contributed by atoms with Gasteiger partial charge in [0, 0.05) is 0 Å². The Hall–Kier alpha value is -0.0900. The Morgan fingerprint density at radius 2 is 1.67 bits per heavy atom. The number of hydrogen-bond donors (Lipinski definition) is 0. The van der Waals surface area contributed by atoms with Crippen LogP contribution in [0, 0.1) is 5.92 Å². The normalized spacial score (nSPS) is 12.3. The van der Waals surface area contributed by atoms with Crippen molar-refractivity contribution < 1.29 is 12.6 Å². The first-order valence-electron chi connectivity index (χ1n) is 4.42. The monoisotopic (exact) mass is 194 g/mol. The highest BCUT2D eigenvalue weighted by Crippen LogP contribution is 2.09. The SMILES string of the molecule is CCC(CC)COS(=O)(=O)CC. The van der Waals surface area contributed by atoms with Gasteiger partial charge in [-0.3, -0.25) is 4.18 Å². The van der Waals surface area contributed by atoms with E-state index in [1.54, 1.807) is 6.92 Å². The Bertz CT molecular complexity index is 192. The molecule has 0 N–H and O–H groups in total. The number of hydrogen-bond acceptors (Lipinski definition) is 3. The van der Waals surface area contributed by atoms with Gasteiger partial charge in [0.05, 0.1) is 12.4 Å². The summed E-state index contributed by atoms with van der Waals surface area (Å²) >= 11 is 0. The van der Waals surface area contributed by atoms with Gasteiger partial charge in [-0.25, -0.2) is 0 Å². The van der Waals surface area contributed by atoms with E-state index in [1.165, 1.54) is 0 Å². The Morgan fingerprint density at radius 1 is 1.17 bits per heavy atom. The van der Waals surface area contributed by atoms with Crippen LogP contribution in [0.1, 0.15) is 33.6 Å². The van der Waals surface area contributed by atoms with Crippen LogP contribution < -0.4 is 0 Å². The molecule has 0 heterocycles. The average Bonchev–Trinajstić information content (AvgIpc) is 2.06. The summed E-state index contributed by atoms with van der Waals surface area (Å²) in [5.74, 6) is 0.430. The minimum atomic E-state index is -3.23. The molecule has 0 aromatic rings. The largest absolute Gasteiger partial charge is 0.270 e. The summed E-state index contributed by atoms with van der Waals surface area (Å²) in [5, 5.41) is 0. The van der Waals surface area contributed by atoms with Gasteiger partial charge in [-0.2, -0.15) is 8.42 Å². The number of rotatable bonds is 6. The van der Waals surface area contributed by atoms with Crippen molar-refractivity contribution in [3.05, 3.63) is 0 Å². The van der Waals surface area contributed by atoms with Crippen LogP contribution in [-0.2, 0) is 14.3 Å². The molecule has 0 saturated heterocycles. The minimum Gasteiger partial charge on any atom is -0.270 e. The van der Waals surface area contributed by atoms with E-state index < -0.39 is 10.1 Å². The van der Waals surface area contributed by atoms with E-state index in [0.29, 0.717) is 12.5 Å². The maximum absolute atomic E-state index is 10.9. The zero-order valence-corrected chi connectivity index (χ0v) is 8.86. The van der Waals surface area contributed by atoms with Crippen molar-refractivity contribution in [1.82, 2.24) is 0 Å². The third-order valence-corrected chi connectivity index (χ3v) is 3.19. The second kappa shape index (κ2) is 5.54. The molecule has 12 heavy (non-hydrogen) atoms. The molecule has 0 radical (unpaired) electrons. The highest BCUT2D eigenvalue weighted by molar-refractivity contribution is 7.86. The van der Waals surface area contributed by atoms with Gasteiger partial charge in [-0.05, 0) is 12.8 Å². The van der Waals surface area contributed by atoms with E-state index in [0.717, 1.165) is 12.8 Å². The predicted octanol–water partition coefficient (Wildman–Crippen LogP) is 1.79. The van der Waals surface area contributed by atoms with Gasteiger partial charge in [0.1, 0.15) is 0 Å². The molecule has 0 amide bonds. The molecule has 0 spiro atoms. The molecule has 0 bridgehead atoms. The van der Waals surface area contributed by atoms with E-state index in [4.69, 9.17) is 4.18 Å². The Labute approximate surface area is 75.2 Å². The van der Waals surface area contributed by atoms with E-state index in [-0.39, 0.29) is 5.75 Å². The lowest BCUT2D eigenvalue weighted by molar-refractivity contribution is 0.246. The summed E-state index contributed by atoms with van der Waals surface area (Å²) in [6.45, 7) is 6.00. The van der Waals surface area contributed by atoms with Gasteiger partial charge in [0.2, 0.25) is 0 Å². The summed E-state index contributed by atoms with van der Waals surface area (Å²) < 4.78 is 26.6. The quantitative estimate of drug-likeness (QED) is 0.605. The van der Waals surface area contributed by atoms with Crippen LogP contribution >= 0.6 is 0 Å². The lowest BCUT2D eigenvalue weighted by Gasteiger charge is -2.11. The van der Waals surface area contributed by atoms with Crippen LogP contribution in [0.3, 0.4) is 0 Å². The van der Waals surface area contributed by atoms with E-state index in [9.17, 15) is 8.42 Å². The maximum atomic E-state index is 10.9. The topological polar surface area (TPSA) is 43.4 Å². The summed E-state index contributed by atoms with van der Waals surface area (Å²) in [6, 6.07) is 0. The van der Waals surface area contributed by atoms with E-state index in [1.807, 2.05) is 13.8 Å². The highest BCUT2D eigenvalue weighted by atomic mass is 32.2. The maximum Gasteiger partial charge on any atom is 0.267 e. The van der Waals surface area contributed by atoms with Gasteiger partial charge < -0.3 is 0 Å². The summed E-state index contributed by atoms with van der Waals surface area (Å²) in [7, 11) is -3.23. The molecule has 0 unspecified atom stereocenters. The third kappa shape index (κ3) is 4.72. The lowest BCUT2D eigenvalue weighted by Crippen LogP contribution is -2.14. The Morgan fingerprint density at radius 3 is 2.00 bits per heavy atom. The Kier molecular flexibility index (Phi) is 5.50. The molecule has 0 atom stereocenters. The van der Waals surface area contributed by atoms with Crippen LogP contribution in [0.2, 0.25) is 0 Å². The van der Waals surface area contributed by atoms with Crippen LogP contribution in [0.5, 0.6) is 0 Å². The fourth-order valence-corrected chi connectivity index (χ4v) is 1.37. The van der Waals surface area contributed by atoms with Crippen molar-refractivity contribution in [2.24, 2.45) is 5.92 Å². The second-order valence-electron chi connectivity index (χ2n) is 2.81. The first-order chi connectivity index (χ1) is 5.55. The Balaban J connectivity index is 3.81. The molecule has 0 aliphatic rings. The minimum absolute atomic E-state index is 0.0626. The van der Waals surface area contributed by atoms with Crippen LogP contribution in [0.4, 0.5) is 0 Å². The van der Waals surface area contributed by atoms with Crippen molar-refractivity contribution in [3.8, 4) is 0 Å². The lowest BCUT2D eigenvalue weighted by atomic mass is 10.1. The molecular weight excluding hydrogens is 176 g/mol. The van der Waals surface area contributed by atoms with Crippen molar-refractivity contribution >= 4 is 10.1 Å². The average molecular weight is 194 g/mol. The molecular formula is C8H18O3S. The van der Waals surface area contributed by atoms with E-state index in [2.05, 4.69) is 0 Å². The molecule has 0 rings (SSSR count). The molecule has 0 aliphatic heterocycles. The highest BCUT2D eigenvalue weighted by Gasteiger charge is 2.11. The van der Waals surface area contributed by atoms with Gasteiger partial charge in [-0.1, -0.05) is 26.7 Å². The first-order valence-corrected chi connectivity index (χ1v) is 6.00. The molecule has 4 heteroatoms.